The third-order valence-corrected chi connectivity index (χ3v) is 7.26. The Morgan fingerprint density at radius 2 is 1.71 bits per heavy atom. The van der Waals surface area contributed by atoms with Gasteiger partial charge in [-0.2, -0.15) is 0 Å². The van der Waals surface area contributed by atoms with Gasteiger partial charge in [-0.1, -0.05) is 36.4 Å². The van der Waals surface area contributed by atoms with E-state index < -0.39 is 28.0 Å². The van der Waals surface area contributed by atoms with Crippen LogP contribution in [0.2, 0.25) is 0 Å². The molecule has 1 atom stereocenters. The quantitative estimate of drug-likeness (QED) is 0.517. The number of hydrogen-bond acceptors (Lipinski definition) is 6. The molecule has 4 rings (SSSR count). The molecule has 0 radical (unpaired) electrons. The van der Waals surface area contributed by atoms with E-state index in [4.69, 9.17) is 9.47 Å². The van der Waals surface area contributed by atoms with Crippen LogP contribution in [0.15, 0.2) is 78.9 Å². The molecule has 1 unspecified atom stereocenters. The van der Waals surface area contributed by atoms with Crippen molar-refractivity contribution >= 4 is 33.3 Å². The van der Waals surface area contributed by atoms with Crippen LogP contribution in [0, 0.1) is 0 Å². The fraction of sp³-hybridized carbons (Fsp3) is 0.200. The van der Waals surface area contributed by atoms with Gasteiger partial charge in [-0.15, -0.1) is 0 Å². The molecule has 176 valence electrons. The van der Waals surface area contributed by atoms with E-state index in [1.165, 1.54) is 16.4 Å². The van der Waals surface area contributed by atoms with Gasteiger partial charge in [-0.3, -0.25) is 9.10 Å². The first-order chi connectivity index (χ1) is 16.4. The molecular weight excluding hydrogens is 456 g/mol. The van der Waals surface area contributed by atoms with Crippen molar-refractivity contribution in [2.75, 3.05) is 29.0 Å². The highest BCUT2D eigenvalue weighted by molar-refractivity contribution is 7.93. The summed E-state index contributed by atoms with van der Waals surface area (Å²) in [6, 6.07) is 21.7. The lowest BCUT2D eigenvalue weighted by atomic mass is 10.1. The third kappa shape index (κ3) is 5.20. The number of carbonyl (C=O) groups excluding carboxylic acids is 2. The Bertz CT molecular complexity index is 1280. The van der Waals surface area contributed by atoms with E-state index in [2.05, 4.69) is 5.32 Å². The Kier molecular flexibility index (Phi) is 6.83. The van der Waals surface area contributed by atoms with Crippen molar-refractivity contribution in [3.63, 3.8) is 0 Å². The Morgan fingerprint density at radius 3 is 2.35 bits per heavy atom. The molecule has 0 spiro atoms. The zero-order valence-corrected chi connectivity index (χ0v) is 19.3. The van der Waals surface area contributed by atoms with Crippen molar-refractivity contribution in [1.82, 2.24) is 0 Å². The largest absolute Gasteiger partial charge is 0.497 e. The second-order valence-electron chi connectivity index (χ2n) is 7.71. The predicted octanol–water partition coefficient (Wildman–Crippen LogP) is 3.77. The summed E-state index contributed by atoms with van der Waals surface area (Å²) in [4.78, 5) is 26.1. The lowest BCUT2D eigenvalue weighted by molar-refractivity contribution is -0.125. The Morgan fingerprint density at radius 1 is 0.971 bits per heavy atom. The zero-order chi connectivity index (χ0) is 24.1. The van der Waals surface area contributed by atoms with E-state index in [0.717, 1.165) is 0 Å². The van der Waals surface area contributed by atoms with E-state index in [9.17, 15) is 18.0 Å². The van der Waals surface area contributed by atoms with E-state index >= 15 is 0 Å². The minimum absolute atomic E-state index is 0.0727. The number of benzene rings is 3. The molecule has 1 heterocycles. The molecular formula is C25H24N2O6S. The first kappa shape index (κ1) is 23.3. The zero-order valence-electron chi connectivity index (χ0n) is 18.5. The topological polar surface area (TPSA) is 102 Å². The van der Waals surface area contributed by atoms with Gasteiger partial charge in [0.05, 0.1) is 24.1 Å². The molecule has 3 aromatic carbocycles. The molecule has 1 amide bonds. The van der Waals surface area contributed by atoms with E-state index in [1.807, 2.05) is 0 Å². The van der Waals surface area contributed by atoms with E-state index in [1.54, 1.807) is 73.8 Å². The SMILES string of the molecule is COc1ccc(NC(=O)C(OC(=O)c2cccc(N3CCCS3(=O)=O)c2)c2ccccc2)cc1. The maximum absolute atomic E-state index is 13.1. The minimum atomic E-state index is -3.39. The number of rotatable bonds is 7. The lowest BCUT2D eigenvalue weighted by Crippen LogP contribution is -2.27. The second-order valence-corrected chi connectivity index (χ2v) is 9.72. The smallest absolute Gasteiger partial charge is 0.339 e. The molecule has 0 bridgehead atoms. The summed E-state index contributed by atoms with van der Waals surface area (Å²) in [6.07, 6.45) is -0.687. The molecule has 9 heteroatoms. The Balaban J connectivity index is 1.56. The molecule has 1 N–H and O–H groups in total. The van der Waals surface area contributed by atoms with Crippen LogP contribution in [0.1, 0.15) is 28.4 Å². The second kappa shape index (κ2) is 9.96. The van der Waals surface area contributed by atoms with Gasteiger partial charge in [-0.05, 0) is 48.9 Å². The number of hydrogen-bond donors (Lipinski definition) is 1. The third-order valence-electron chi connectivity index (χ3n) is 5.39. The fourth-order valence-electron chi connectivity index (χ4n) is 3.68. The molecule has 0 aliphatic carbocycles. The molecule has 1 aliphatic rings. The molecule has 1 saturated heterocycles. The van der Waals surface area contributed by atoms with Gasteiger partial charge in [0.1, 0.15) is 5.75 Å². The van der Waals surface area contributed by atoms with E-state index in [0.29, 0.717) is 35.7 Å². The maximum Gasteiger partial charge on any atom is 0.339 e. The van der Waals surface area contributed by atoms with Gasteiger partial charge in [0, 0.05) is 17.8 Å². The van der Waals surface area contributed by atoms with Crippen LogP contribution in [-0.4, -0.2) is 39.7 Å². The number of nitrogens with one attached hydrogen (secondary N) is 1. The van der Waals surface area contributed by atoms with Crippen molar-refractivity contribution in [2.24, 2.45) is 0 Å². The highest BCUT2D eigenvalue weighted by atomic mass is 32.2. The van der Waals surface area contributed by atoms with Crippen LogP contribution in [-0.2, 0) is 19.6 Å². The average molecular weight is 481 g/mol. The number of sulfonamides is 1. The summed E-state index contributed by atoms with van der Waals surface area (Å²) in [5.41, 5.74) is 1.56. The summed E-state index contributed by atoms with van der Waals surface area (Å²) < 4.78 is 36.6. The summed E-state index contributed by atoms with van der Waals surface area (Å²) in [5.74, 6) is -0.548. The fourth-order valence-corrected chi connectivity index (χ4v) is 5.23. The van der Waals surface area contributed by atoms with Crippen molar-refractivity contribution in [2.45, 2.75) is 12.5 Å². The van der Waals surface area contributed by atoms with Gasteiger partial charge in [0.2, 0.25) is 16.1 Å². The molecule has 8 nitrogen and oxygen atoms in total. The number of nitrogens with zero attached hydrogens (tertiary/aromatic N) is 1. The Hall–Kier alpha value is -3.85. The molecule has 0 saturated carbocycles. The summed E-state index contributed by atoms with van der Waals surface area (Å²) in [5, 5.41) is 2.76. The van der Waals surface area contributed by atoms with Gasteiger partial charge in [0.25, 0.3) is 5.91 Å². The lowest BCUT2D eigenvalue weighted by Gasteiger charge is -2.20. The van der Waals surface area contributed by atoms with Crippen LogP contribution in [0.3, 0.4) is 0 Å². The average Bonchev–Trinajstić information content (AvgIpc) is 3.22. The van der Waals surface area contributed by atoms with Crippen molar-refractivity contribution in [1.29, 1.82) is 0 Å². The van der Waals surface area contributed by atoms with Gasteiger partial charge < -0.3 is 14.8 Å². The van der Waals surface area contributed by atoms with Crippen LogP contribution in [0.4, 0.5) is 11.4 Å². The summed E-state index contributed by atoms with van der Waals surface area (Å²) in [7, 11) is -1.85. The molecule has 0 aromatic heterocycles. The van der Waals surface area contributed by atoms with Gasteiger partial charge >= 0.3 is 5.97 Å². The maximum atomic E-state index is 13.1. The van der Waals surface area contributed by atoms with Crippen molar-refractivity contribution < 1.29 is 27.5 Å². The Labute approximate surface area is 198 Å². The van der Waals surface area contributed by atoms with Gasteiger partial charge in [0.15, 0.2) is 0 Å². The monoisotopic (exact) mass is 480 g/mol. The van der Waals surface area contributed by atoms with Crippen LogP contribution in [0.5, 0.6) is 5.75 Å². The highest BCUT2D eigenvalue weighted by Crippen LogP contribution is 2.27. The standard InChI is InChI=1S/C25H24N2O6S/c1-32-22-13-11-20(12-14-22)26-24(28)23(18-7-3-2-4-8-18)33-25(29)19-9-5-10-21(17-19)27-15-6-16-34(27,30)31/h2-5,7-14,17,23H,6,15-16H2,1H3,(H,26,28). The molecule has 3 aromatic rings. The number of esters is 1. The highest BCUT2D eigenvalue weighted by Gasteiger charge is 2.30. The summed E-state index contributed by atoms with van der Waals surface area (Å²) >= 11 is 0. The van der Waals surface area contributed by atoms with Gasteiger partial charge in [-0.25, -0.2) is 13.2 Å². The molecule has 1 aliphatic heterocycles. The predicted molar refractivity (Wildman–Crippen MR) is 128 cm³/mol. The van der Waals surface area contributed by atoms with Crippen LogP contribution in [0.25, 0.3) is 0 Å². The van der Waals surface area contributed by atoms with Crippen molar-refractivity contribution in [3.8, 4) is 5.75 Å². The van der Waals surface area contributed by atoms with E-state index in [-0.39, 0.29) is 11.3 Å². The number of methoxy groups -OCH3 is 1. The van der Waals surface area contributed by atoms with Crippen LogP contribution >= 0.6 is 0 Å². The van der Waals surface area contributed by atoms with Crippen LogP contribution < -0.4 is 14.4 Å². The number of anilines is 2. The minimum Gasteiger partial charge on any atom is -0.497 e. The van der Waals surface area contributed by atoms with Crippen molar-refractivity contribution in [3.05, 3.63) is 90.0 Å². The number of carbonyl (C=O) groups is 2. The first-order valence-electron chi connectivity index (χ1n) is 10.7. The number of amides is 1. The first-order valence-corrected chi connectivity index (χ1v) is 12.3. The number of ether oxygens (including phenoxy) is 2. The normalized spacial score (nSPS) is 15.4. The summed E-state index contributed by atoms with van der Waals surface area (Å²) in [6.45, 7) is 0.359. The molecule has 34 heavy (non-hydrogen) atoms. The molecule has 1 fully saturated rings.